The van der Waals surface area contributed by atoms with Crippen molar-refractivity contribution in [3.05, 3.63) is 52.0 Å². The maximum Gasteiger partial charge on any atom is 0.256 e. The van der Waals surface area contributed by atoms with E-state index in [1.165, 1.54) is 11.0 Å². The molecule has 2 aromatic carbocycles. The van der Waals surface area contributed by atoms with E-state index in [2.05, 4.69) is 4.99 Å². The van der Waals surface area contributed by atoms with Gasteiger partial charge in [0.05, 0.1) is 27.4 Å². The number of aliphatic imine (C=N–C) groups is 1. The van der Waals surface area contributed by atoms with Crippen LogP contribution in [-0.2, 0) is 4.79 Å². The molecule has 2 aliphatic rings. The number of hydrogen-bond donors (Lipinski definition) is 1. The molecule has 0 aliphatic carbocycles. The smallest absolute Gasteiger partial charge is 0.256 e. The van der Waals surface area contributed by atoms with Crippen molar-refractivity contribution in [1.82, 2.24) is 4.90 Å². The zero-order valence-electron chi connectivity index (χ0n) is 14.1. The van der Waals surface area contributed by atoms with Crippen molar-refractivity contribution in [3.8, 4) is 11.8 Å². The molecule has 1 N–H and O–H groups in total. The minimum absolute atomic E-state index is 0.122. The molecule has 2 fully saturated rings. The van der Waals surface area contributed by atoms with E-state index in [0.717, 1.165) is 12.8 Å². The second kappa shape index (κ2) is 6.76. The molecule has 0 radical (unpaired) electrons. The van der Waals surface area contributed by atoms with Gasteiger partial charge in [0, 0.05) is 6.54 Å². The lowest BCUT2D eigenvalue weighted by atomic mass is 10.2. The first-order valence-corrected chi connectivity index (χ1v) is 9.13. The molecule has 0 bridgehead atoms. The minimum atomic E-state index is -0.306. The Morgan fingerprint density at radius 2 is 2.07 bits per heavy atom. The number of phenolic OH excluding ortho intramolecular Hbond substituents is 1. The summed E-state index contributed by atoms with van der Waals surface area (Å²) in [5.74, 6) is 0.143. The minimum Gasteiger partial charge on any atom is -0.506 e. The molecule has 0 aromatic heterocycles. The van der Waals surface area contributed by atoms with Gasteiger partial charge in [-0.3, -0.25) is 4.79 Å². The Bertz CT molecular complexity index is 1020. The van der Waals surface area contributed by atoms with Crippen LogP contribution in [0.5, 0.6) is 5.75 Å². The zero-order valence-corrected chi connectivity index (χ0v) is 15.6. The van der Waals surface area contributed by atoms with Crippen LogP contribution in [0.4, 0.5) is 11.4 Å². The molecule has 0 saturated carbocycles. The van der Waals surface area contributed by atoms with Crippen LogP contribution < -0.4 is 4.90 Å². The van der Waals surface area contributed by atoms with Crippen LogP contribution in [0.2, 0.25) is 10.0 Å². The van der Waals surface area contributed by atoms with Crippen molar-refractivity contribution in [2.75, 3.05) is 11.4 Å². The first-order valence-electron chi connectivity index (χ1n) is 8.37. The summed E-state index contributed by atoms with van der Waals surface area (Å²) in [6.45, 7) is 0.682. The Labute approximate surface area is 165 Å². The molecule has 2 saturated heterocycles. The number of nitrogens with zero attached hydrogens (tertiary/aromatic N) is 4. The van der Waals surface area contributed by atoms with Gasteiger partial charge in [-0.1, -0.05) is 29.3 Å². The lowest BCUT2D eigenvalue weighted by Gasteiger charge is -2.22. The van der Waals surface area contributed by atoms with Gasteiger partial charge in [0.1, 0.15) is 17.5 Å². The number of aromatic hydroxyl groups is 1. The number of carbonyl (C=O) groups is 1. The zero-order chi connectivity index (χ0) is 19.1. The van der Waals surface area contributed by atoms with Crippen LogP contribution in [0.25, 0.3) is 0 Å². The van der Waals surface area contributed by atoms with E-state index < -0.39 is 0 Å². The number of benzene rings is 2. The van der Waals surface area contributed by atoms with Gasteiger partial charge in [0.25, 0.3) is 5.91 Å². The summed E-state index contributed by atoms with van der Waals surface area (Å²) in [5, 5.41) is 19.8. The SMILES string of the molecule is N#Cc1ccc(/N=C2/N(c3cccc(Cl)c3Cl)C(=O)[C@H]3CCCN23)c(O)c1. The molecule has 2 aliphatic heterocycles. The van der Waals surface area contributed by atoms with Crippen LogP contribution in [0.1, 0.15) is 18.4 Å². The van der Waals surface area contributed by atoms with Gasteiger partial charge < -0.3 is 10.0 Å². The average molecular weight is 401 g/mol. The van der Waals surface area contributed by atoms with E-state index in [0.29, 0.717) is 28.8 Å². The first-order chi connectivity index (χ1) is 13.0. The molecular formula is C19H14Cl2N4O2. The number of anilines is 1. The number of phenols is 1. The van der Waals surface area contributed by atoms with E-state index >= 15 is 0 Å². The quantitative estimate of drug-likeness (QED) is 0.823. The van der Waals surface area contributed by atoms with Crippen molar-refractivity contribution in [2.24, 2.45) is 4.99 Å². The summed E-state index contributed by atoms with van der Waals surface area (Å²) >= 11 is 12.5. The number of guanidine groups is 1. The summed E-state index contributed by atoms with van der Waals surface area (Å²) in [4.78, 5) is 20.9. The molecule has 27 heavy (non-hydrogen) atoms. The van der Waals surface area contributed by atoms with Crippen LogP contribution in [-0.4, -0.2) is 34.5 Å². The highest BCUT2D eigenvalue weighted by Crippen LogP contribution is 2.39. The lowest BCUT2D eigenvalue weighted by molar-refractivity contribution is -0.119. The average Bonchev–Trinajstić information content (AvgIpc) is 3.23. The fourth-order valence-electron chi connectivity index (χ4n) is 3.44. The summed E-state index contributed by atoms with van der Waals surface area (Å²) in [5.41, 5.74) is 1.05. The molecule has 2 aromatic rings. The number of nitriles is 1. The van der Waals surface area contributed by atoms with Crippen molar-refractivity contribution >= 4 is 46.4 Å². The van der Waals surface area contributed by atoms with E-state index in [1.54, 1.807) is 30.3 Å². The maximum absolute atomic E-state index is 13.0. The van der Waals surface area contributed by atoms with Crippen molar-refractivity contribution < 1.29 is 9.90 Å². The van der Waals surface area contributed by atoms with E-state index in [4.69, 9.17) is 28.5 Å². The highest BCUT2D eigenvalue weighted by molar-refractivity contribution is 6.45. The second-order valence-electron chi connectivity index (χ2n) is 6.33. The number of carbonyl (C=O) groups excluding carboxylic acids is 1. The molecule has 8 heteroatoms. The summed E-state index contributed by atoms with van der Waals surface area (Å²) in [6, 6.07) is 11.2. The van der Waals surface area contributed by atoms with Gasteiger partial charge in [0.2, 0.25) is 5.96 Å². The third-order valence-electron chi connectivity index (χ3n) is 4.71. The van der Waals surface area contributed by atoms with E-state index in [9.17, 15) is 9.90 Å². The fraction of sp³-hybridized carbons (Fsp3) is 0.211. The molecule has 136 valence electrons. The number of fused-ring (bicyclic) bond motifs is 1. The highest BCUT2D eigenvalue weighted by atomic mass is 35.5. The second-order valence-corrected chi connectivity index (χ2v) is 7.11. The van der Waals surface area contributed by atoms with Crippen molar-refractivity contribution in [3.63, 3.8) is 0 Å². The number of amides is 1. The molecule has 1 amide bonds. The molecule has 0 unspecified atom stereocenters. The molecule has 0 spiro atoms. The van der Waals surface area contributed by atoms with Gasteiger partial charge in [0.15, 0.2) is 0 Å². The predicted molar refractivity (Wildman–Crippen MR) is 104 cm³/mol. The van der Waals surface area contributed by atoms with E-state index in [-0.39, 0.29) is 28.4 Å². The van der Waals surface area contributed by atoms with Crippen LogP contribution in [0, 0.1) is 11.3 Å². The third kappa shape index (κ3) is 2.89. The number of hydrogen-bond acceptors (Lipinski definition) is 4. The normalized spacial score (nSPS) is 20.3. The molecular weight excluding hydrogens is 387 g/mol. The largest absolute Gasteiger partial charge is 0.506 e. The maximum atomic E-state index is 13.0. The van der Waals surface area contributed by atoms with Crippen LogP contribution >= 0.6 is 23.2 Å². The molecule has 4 rings (SSSR count). The Hall–Kier alpha value is -2.75. The molecule has 2 heterocycles. The van der Waals surface area contributed by atoms with E-state index in [1.807, 2.05) is 11.0 Å². The molecule has 6 nitrogen and oxygen atoms in total. The van der Waals surface area contributed by atoms with Gasteiger partial charge >= 0.3 is 0 Å². The third-order valence-corrected chi connectivity index (χ3v) is 5.52. The standard InChI is InChI=1S/C19H14Cl2N4O2/c20-12-3-1-4-14(17(12)21)25-18(27)15-5-2-8-24(15)19(25)23-13-7-6-11(10-22)9-16(13)26/h1,3-4,6-7,9,15,26H,2,5,8H2/b23-19+/t15-/m1/s1. The van der Waals surface area contributed by atoms with Gasteiger partial charge in [-0.05, 0) is 43.2 Å². The summed E-state index contributed by atoms with van der Waals surface area (Å²) < 4.78 is 0. The highest BCUT2D eigenvalue weighted by Gasteiger charge is 2.47. The predicted octanol–water partition coefficient (Wildman–Crippen LogP) is 4.07. The van der Waals surface area contributed by atoms with Gasteiger partial charge in [-0.25, -0.2) is 9.89 Å². The monoisotopic (exact) mass is 400 g/mol. The fourth-order valence-corrected chi connectivity index (χ4v) is 3.82. The van der Waals surface area contributed by atoms with Gasteiger partial charge in [-0.15, -0.1) is 0 Å². The van der Waals surface area contributed by atoms with Crippen molar-refractivity contribution in [2.45, 2.75) is 18.9 Å². The Kier molecular flexibility index (Phi) is 4.42. The Morgan fingerprint density at radius 3 is 2.81 bits per heavy atom. The molecule has 1 atom stereocenters. The summed E-state index contributed by atoms with van der Waals surface area (Å²) in [6.07, 6.45) is 1.61. The Balaban J connectivity index is 1.86. The number of rotatable bonds is 2. The number of halogens is 2. The lowest BCUT2D eigenvalue weighted by Crippen LogP contribution is -2.34. The summed E-state index contributed by atoms with van der Waals surface area (Å²) in [7, 11) is 0. The van der Waals surface area contributed by atoms with Crippen LogP contribution in [0.3, 0.4) is 0 Å². The van der Waals surface area contributed by atoms with Gasteiger partial charge in [-0.2, -0.15) is 5.26 Å². The van der Waals surface area contributed by atoms with Crippen LogP contribution in [0.15, 0.2) is 41.4 Å². The topological polar surface area (TPSA) is 79.9 Å². The first kappa shape index (κ1) is 17.7. The Morgan fingerprint density at radius 1 is 1.26 bits per heavy atom. The van der Waals surface area contributed by atoms with Crippen molar-refractivity contribution in [1.29, 1.82) is 5.26 Å².